The number of carbonyl (C=O) groups excluding carboxylic acids is 1. The Hall–Kier alpha value is -2.64. The van der Waals surface area contributed by atoms with E-state index in [4.69, 9.17) is 0 Å². The molecule has 4 rings (SSSR count). The number of aryl methyl sites for hydroxylation is 1. The Bertz CT molecular complexity index is 1210. The molecule has 1 N–H and O–H groups in total. The van der Waals surface area contributed by atoms with Crippen molar-refractivity contribution in [2.75, 3.05) is 19.6 Å². The van der Waals surface area contributed by atoms with Crippen LogP contribution in [0.1, 0.15) is 41.0 Å². The van der Waals surface area contributed by atoms with E-state index < -0.39 is 10.0 Å². The van der Waals surface area contributed by atoms with Crippen molar-refractivity contribution in [2.45, 2.75) is 38.6 Å². The molecule has 1 aliphatic rings. The van der Waals surface area contributed by atoms with Crippen LogP contribution in [0.5, 0.6) is 0 Å². The topological polar surface area (TPSA) is 73.5 Å². The van der Waals surface area contributed by atoms with Gasteiger partial charge in [0.25, 0.3) is 5.91 Å². The molecule has 30 heavy (non-hydrogen) atoms. The zero-order valence-corrected chi connectivity index (χ0v) is 18.4. The Morgan fingerprint density at radius 2 is 1.87 bits per heavy atom. The minimum atomic E-state index is -3.62. The second-order valence-electron chi connectivity index (χ2n) is 7.67. The highest BCUT2D eigenvalue weighted by atomic mass is 32.2. The van der Waals surface area contributed by atoms with Crippen molar-refractivity contribution in [3.05, 3.63) is 64.8 Å². The number of hydrogen-bond acceptors (Lipinski definition) is 3. The zero-order chi connectivity index (χ0) is 21.5. The molecule has 1 aromatic heterocycles. The third-order valence-corrected chi connectivity index (χ3v) is 8.00. The summed E-state index contributed by atoms with van der Waals surface area (Å²) in [6.45, 7) is 7.39. The molecule has 6 nitrogen and oxygen atoms in total. The molecule has 1 amide bonds. The van der Waals surface area contributed by atoms with E-state index >= 15 is 0 Å². The smallest absolute Gasteiger partial charge is 0.254 e. The Balaban J connectivity index is 1.67. The van der Waals surface area contributed by atoms with Gasteiger partial charge in [-0.2, -0.15) is 4.31 Å². The van der Waals surface area contributed by atoms with Gasteiger partial charge in [0.15, 0.2) is 0 Å². The summed E-state index contributed by atoms with van der Waals surface area (Å²) < 4.78 is 27.3. The van der Waals surface area contributed by atoms with Gasteiger partial charge < -0.3 is 9.88 Å². The van der Waals surface area contributed by atoms with Crippen LogP contribution in [0.2, 0.25) is 0 Å². The van der Waals surface area contributed by atoms with E-state index in [2.05, 4.69) is 11.1 Å². The van der Waals surface area contributed by atoms with Crippen molar-refractivity contribution in [1.82, 2.24) is 14.2 Å². The lowest BCUT2D eigenvalue weighted by atomic mass is 10.0. The van der Waals surface area contributed by atoms with Crippen molar-refractivity contribution >= 4 is 26.8 Å². The normalized spacial score (nSPS) is 14.3. The standard InChI is InChI=1S/C23H27N3O3S/c1-4-26(5-2)30(28,29)17-11-10-16(3)19(14-17)23(27)25-13-12-22-20(15-25)18-8-6-7-9-21(18)24-22/h6-11,14,24H,4-5,12-13,15H2,1-3H3. The SMILES string of the molecule is CCN(CC)S(=O)(=O)c1ccc(C)c(C(=O)N2CCc3[nH]c4ccccc4c3C2)c1. The third-order valence-electron chi connectivity index (χ3n) is 5.95. The van der Waals surface area contributed by atoms with Gasteiger partial charge >= 0.3 is 0 Å². The average Bonchev–Trinajstić information content (AvgIpc) is 3.12. The molecule has 3 aromatic rings. The van der Waals surface area contributed by atoms with Gasteiger partial charge in [-0.3, -0.25) is 4.79 Å². The Morgan fingerprint density at radius 1 is 1.13 bits per heavy atom. The van der Waals surface area contributed by atoms with Crippen LogP contribution < -0.4 is 0 Å². The summed E-state index contributed by atoms with van der Waals surface area (Å²) in [5, 5.41) is 1.14. The Kier molecular flexibility index (Phi) is 5.42. The van der Waals surface area contributed by atoms with Crippen LogP contribution in [0.3, 0.4) is 0 Å². The molecule has 7 heteroatoms. The molecule has 2 aromatic carbocycles. The lowest BCUT2D eigenvalue weighted by molar-refractivity contribution is 0.0734. The molecule has 0 radical (unpaired) electrons. The number of sulfonamides is 1. The van der Waals surface area contributed by atoms with Gasteiger partial charge in [0.05, 0.1) is 4.90 Å². The van der Waals surface area contributed by atoms with Crippen LogP contribution >= 0.6 is 0 Å². The quantitative estimate of drug-likeness (QED) is 0.677. The van der Waals surface area contributed by atoms with Crippen LogP contribution in [0.15, 0.2) is 47.4 Å². The Labute approximate surface area is 177 Å². The summed E-state index contributed by atoms with van der Waals surface area (Å²) in [6.07, 6.45) is 0.756. The lowest BCUT2D eigenvalue weighted by Crippen LogP contribution is -2.36. The van der Waals surface area contributed by atoms with Crippen LogP contribution in [-0.4, -0.2) is 48.1 Å². The fraction of sp³-hybridized carbons (Fsp3) is 0.348. The summed E-state index contributed by atoms with van der Waals surface area (Å²) in [5.41, 5.74) is 4.64. The van der Waals surface area contributed by atoms with Crippen LogP contribution in [-0.2, 0) is 23.0 Å². The third kappa shape index (κ3) is 3.42. The number of aromatic nitrogens is 1. The van der Waals surface area contributed by atoms with Gasteiger partial charge in [-0.25, -0.2) is 8.42 Å². The van der Waals surface area contributed by atoms with Gasteiger partial charge in [0.1, 0.15) is 0 Å². The monoisotopic (exact) mass is 425 g/mol. The highest BCUT2D eigenvalue weighted by Crippen LogP contribution is 2.29. The highest BCUT2D eigenvalue weighted by Gasteiger charge is 2.28. The van der Waals surface area contributed by atoms with Crippen LogP contribution in [0.25, 0.3) is 10.9 Å². The number of rotatable bonds is 5. The molecule has 0 unspecified atom stereocenters. The maximum Gasteiger partial charge on any atom is 0.254 e. The van der Waals surface area contributed by atoms with E-state index in [1.165, 1.54) is 16.1 Å². The van der Waals surface area contributed by atoms with Crippen LogP contribution in [0, 0.1) is 6.92 Å². The van der Waals surface area contributed by atoms with E-state index in [0.29, 0.717) is 31.7 Å². The number of nitrogens with zero attached hydrogens (tertiary/aromatic N) is 2. The minimum Gasteiger partial charge on any atom is -0.358 e. The second kappa shape index (κ2) is 7.89. The van der Waals surface area contributed by atoms with Gasteiger partial charge in [-0.15, -0.1) is 0 Å². The summed E-state index contributed by atoms with van der Waals surface area (Å²) in [5.74, 6) is -0.125. The molecule has 0 bridgehead atoms. The van der Waals surface area contributed by atoms with Crippen molar-refractivity contribution in [3.63, 3.8) is 0 Å². The summed E-state index contributed by atoms with van der Waals surface area (Å²) in [7, 11) is -3.62. The largest absolute Gasteiger partial charge is 0.358 e. The van der Waals surface area contributed by atoms with Gasteiger partial charge in [0.2, 0.25) is 10.0 Å². The van der Waals surface area contributed by atoms with Crippen molar-refractivity contribution in [2.24, 2.45) is 0 Å². The molecule has 0 fully saturated rings. The van der Waals surface area contributed by atoms with E-state index in [1.807, 2.05) is 43.9 Å². The van der Waals surface area contributed by atoms with E-state index in [-0.39, 0.29) is 10.8 Å². The number of benzene rings is 2. The average molecular weight is 426 g/mol. The first-order valence-electron chi connectivity index (χ1n) is 10.3. The van der Waals surface area contributed by atoms with Gasteiger partial charge in [0, 0.05) is 60.3 Å². The molecule has 0 spiro atoms. The number of H-pyrrole nitrogens is 1. The van der Waals surface area contributed by atoms with Crippen LogP contribution in [0.4, 0.5) is 0 Å². The molecule has 0 saturated heterocycles. The first-order chi connectivity index (χ1) is 14.4. The fourth-order valence-corrected chi connectivity index (χ4v) is 5.70. The van der Waals surface area contributed by atoms with E-state index in [9.17, 15) is 13.2 Å². The maximum atomic E-state index is 13.4. The second-order valence-corrected chi connectivity index (χ2v) is 9.61. The molecule has 0 atom stereocenters. The summed E-state index contributed by atoms with van der Waals surface area (Å²) in [6, 6.07) is 13.0. The predicted octanol–water partition coefficient (Wildman–Crippen LogP) is 3.71. The fourth-order valence-electron chi connectivity index (χ4n) is 4.21. The predicted molar refractivity (Wildman–Crippen MR) is 118 cm³/mol. The number of hydrogen-bond donors (Lipinski definition) is 1. The first kappa shape index (κ1) is 20.6. The van der Waals surface area contributed by atoms with Crippen molar-refractivity contribution < 1.29 is 13.2 Å². The van der Waals surface area contributed by atoms with Gasteiger partial charge in [-0.05, 0) is 30.7 Å². The number of nitrogens with one attached hydrogen (secondary N) is 1. The summed E-state index contributed by atoms with van der Waals surface area (Å²) in [4.78, 5) is 18.8. The molecule has 0 saturated carbocycles. The number of carbonyl (C=O) groups is 1. The minimum absolute atomic E-state index is 0.125. The lowest BCUT2D eigenvalue weighted by Gasteiger charge is -2.28. The number of fused-ring (bicyclic) bond motifs is 3. The van der Waals surface area contributed by atoms with Gasteiger partial charge in [-0.1, -0.05) is 38.1 Å². The molecule has 1 aliphatic heterocycles. The number of aromatic amines is 1. The molecule has 0 aliphatic carbocycles. The van der Waals surface area contributed by atoms with Crippen molar-refractivity contribution in [3.8, 4) is 0 Å². The maximum absolute atomic E-state index is 13.4. The Morgan fingerprint density at radius 3 is 2.60 bits per heavy atom. The van der Waals surface area contributed by atoms with Crippen molar-refractivity contribution in [1.29, 1.82) is 0 Å². The first-order valence-corrected chi connectivity index (χ1v) is 11.8. The number of para-hydroxylation sites is 1. The highest BCUT2D eigenvalue weighted by molar-refractivity contribution is 7.89. The van der Waals surface area contributed by atoms with E-state index in [1.54, 1.807) is 12.1 Å². The molecule has 2 heterocycles. The molecular formula is C23H27N3O3S. The zero-order valence-electron chi connectivity index (χ0n) is 17.6. The molecular weight excluding hydrogens is 398 g/mol. The molecule has 158 valence electrons. The summed E-state index contributed by atoms with van der Waals surface area (Å²) >= 11 is 0. The van der Waals surface area contributed by atoms with E-state index in [0.717, 1.165) is 28.5 Å². The number of amides is 1.